The number of hydrazine groups is 2. The van der Waals surface area contributed by atoms with Gasteiger partial charge in [0.25, 0.3) is 0 Å². The molecular formula is C8H13N3O. The second-order valence-electron chi connectivity index (χ2n) is 3.08. The van der Waals surface area contributed by atoms with E-state index in [9.17, 15) is 4.79 Å². The quantitative estimate of drug-likeness (QED) is 0.589. The molecule has 1 aliphatic carbocycles. The summed E-state index contributed by atoms with van der Waals surface area (Å²) in [5.74, 6) is 0.236. The molecule has 0 amide bonds. The third kappa shape index (κ3) is 0.992. The lowest BCUT2D eigenvalue weighted by molar-refractivity contribution is -0.116. The molecule has 0 aromatic rings. The molecule has 0 aromatic carbocycles. The molecule has 1 aliphatic heterocycles. The Bertz CT molecular complexity index is 247. The molecule has 0 saturated carbocycles. The molecular weight excluding hydrogens is 154 g/mol. The van der Waals surface area contributed by atoms with Crippen LogP contribution in [-0.2, 0) is 4.79 Å². The molecule has 2 rings (SSSR count). The van der Waals surface area contributed by atoms with Gasteiger partial charge in [0.1, 0.15) is 5.70 Å². The first-order valence-corrected chi connectivity index (χ1v) is 4.38. The first-order valence-electron chi connectivity index (χ1n) is 4.38. The molecule has 2 aliphatic rings. The fourth-order valence-corrected chi connectivity index (χ4v) is 1.70. The Balaban J connectivity index is 2.27. The Kier molecular flexibility index (Phi) is 1.77. The van der Waals surface area contributed by atoms with Gasteiger partial charge in [0, 0.05) is 13.0 Å². The van der Waals surface area contributed by atoms with Gasteiger partial charge >= 0.3 is 0 Å². The van der Waals surface area contributed by atoms with Crippen LogP contribution in [0.15, 0.2) is 11.4 Å². The van der Waals surface area contributed by atoms with Crippen LogP contribution < -0.4 is 11.0 Å². The Morgan fingerprint density at radius 3 is 3.08 bits per heavy atom. The Hall–Kier alpha value is -1.03. The van der Waals surface area contributed by atoms with E-state index in [4.69, 9.17) is 0 Å². The maximum Gasteiger partial charge on any atom is 0.181 e. The first kappa shape index (κ1) is 7.61. The molecule has 0 saturated heterocycles. The predicted molar refractivity (Wildman–Crippen MR) is 44.5 cm³/mol. The second kappa shape index (κ2) is 2.79. The fraction of sp³-hybridized carbons (Fsp3) is 0.625. The SMILES string of the molecule is CCN1NNC2=C1CCCC2=O. The van der Waals surface area contributed by atoms with Gasteiger partial charge in [-0.2, -0.15) is 0 Å². The highest BCUT2D eigenvalue weighted by molar-refractivity contribution is 5.96. The monoisotopic (exact) mass is 167 g/mol. The van der Waals surface area contributed by atoms with E-state index in [0.29, 0.717) is 6.42 Å². The number of carbonyl (C=O) groups excluding carboxylic acids is 1. The minimum Gasteiger partial charge on any atom is -0.299 e. The molecule has 66 valence electrons. The van der Waals surface area contributed by atoms with Gasteiger partial charge in [-0.25, -0.2) is 0 Å². The minimum atomic E-state index is 0.236. The van der Waals surface area contributed by atoms with Crippen LogP contribution in [0.3, 0.4) is 0 Å². The van der Waals surface area contributed by atoms with Gasteiger partial charge in [0.15, 0.2) is 5.78 Å². The lowest BCUT2D eigenvalue weighted by Crippen LogP contribution is -2.37. The van der Waals surface area contributed by atoms with Crippen molar-refractivity contribution in [3.63, 3.8) is 0 Å². The summed E-state index contributed by atoms with van der Waals surface area (Å²) in [6.07, 6.45) is 2.68. The standard InChI is InChI=1S/C8H13N3O/c1-2-11-6-4-3-5-7(12)8(6)9-10-11/h9-10H,2-5H2,1H3. The molecule has 0 atom stereocenters. The molecule has 0 fully saturated rings. The summed E-state index contributed by atoms with van der Waals surface area (Å²) in [6, 6.07) is 0. The summed E-state index contributed by atoms with van der Waals surface area (Å²) in [7, 11) is 0. The van der Waals surface area contributed by atoms with Gasteiger partial charge in [0.2, 0.25) is 0 Å². The van der Waals surface area contributed by atoms with E-state index >= 15 is 0 Å². The van der Waals surface area contributed by atoms with Crippen LogP contribution in [-0.4, -0.2) is 17.3 Å². The van der Waals surface area contributed by atoms with Crippen molar-refractivity contribution < 1.29 is 4.79 Å². The summed E-state index contributed by atoms with van der Waals surface area (Å²) in [5.41, 5.74) is 7.80. The van der Waals surface area contributed by atoms with Crippen molar-refractivity contribution >= 4 is 5.78 Å². The van der Waals surface area contributed by atoms with Crippen LogP contribution in [0.4, 0.5) is 0 Å². The lowest BCUT2D eigenvalue weighted by atomic mass is 10.0. The highest BCUT2D eigenvalue weighted by atomic mass is 16.1. The van der Waals surface area contributed by atoms with Gasteiger partial charge < -0.3 is 0 Å². The van der Waals surface area contributed by atoms with Gasteiger partial charge in [-0.05, 0) is 19.8 Å². The maximum absolute atomic E-state index is 11.4. The van der Waals surface area contributed by atoms with E-state index in [-0.39, 0.29) is 5.78 Å². The number of carbonyl (C=O) groups is 1. The molecule has 0 aromatic heterocycles. The van der Waals surface area contributed by atoms with E-state index in [1.807, 2.05) is 5.01 Å². The summed E-state index contributed by atoms with van der Waals surface area (Å²) >= 11 is 0. The smallest absolute Gasteiger partial charge is 0.181 e. The average Bonchev–Trinajstić information content (AvgIpc) is 2.49. The largest absolute Gasteiger partial charge is 0.299 e. The predicted octanol–water partition coefficient (Wildman–Crippen LogP) is 0.296. The third-order valence-electron chi connectivity index (χ3n) is 2.34. The molecule has 4 nitrogen and oxygen atoms in total. The van der Waals surface area contributed by atoms with E-state index in [2.05, 4.69) is 17.9 Å². The van der Waals surface area contributed by atoms with Crippen molar-refractivity contribution in [2.75, 3.05) is 6.54 Å². The van der Waals surface area contributed by atoms with Crippen molar-refractivity contribution in [2.24, 2.45) is 0 Å². The molecule has 0 radical (unpaired) electrons. The minimum absolute atomic E-state index is 0.236. The molecule has 0 bridgehead atoms. The Morgan fingerprint density at radius 2 is 2.33 bits per heavy atom. The van der Waals surface area contributed by atoms with Crippen LogP contribution in [0.2, 0.25) is 0 Å². The van der Waals surface area contributed by atoms with Crippen molar-refractivity contribution in [1.29, 1.82) is 0 Å². The molecule has 0 spiro atoms. The highest BCUT2D eigenvalue weighted by Gasteiger charge is 2.28. The summed E-state index contributed by atoms with van der Waals surface area (Å²) in [5, 5.41) is 1.99. The fourth-order valence-electron chi connectivity index (χ4n) is 1.70. The number of Topliss-reactive ketones (excluding diaryl/α,β-unsaturated/α-hetero) is 1. The topological polar surface area (TPSA) is 44.4 Å². The molecule has 1 heterocycles. The van der Waals surface area contributed by atoms with Crippen LogP contribution in [0.25, 0.3) is 0 Å². The summed E-state index contributed by atoms with van der Waals surface area (Å²) in [6.45, 7) is 2.95. The maximum atomic E-state index is 11.4. The highest BCUT2D eigenvalue weighted by Crippen LogP contribution is 2.24. The van der Waals surface area contributed by atoms with Gasteiger partial charge in [-0.15, -0.1) is 5.53 Å². The van der Waals surface area contributed by atoms with Crippen molar-refractivity contribution in [3.05, 3.63) is 11.4 Å². The molecule has 4 heteroatoms. The van der Waals surface area contributed by atoms with Gasteiger partial charge in [-0.1, -0.05) is 0 Å². The number of nitrogens with one attached hydrogen (secondary N) is 2. The zero-order valence-electron chi connectivity index (χ0n) is 7.18. The van der Waals surface area contributed by atoms with Crippen molar-refractivity contribution in [2.45, 2.75) is 26.2 Å². The lowest BCUT2D eigenvalue weighted by Gasteiger charge is -2.19. The number of allylic oxidation sites excluding steroid dienone is 2. The summed E-state index contributed by atoms with van der Waals surface area (Å²) < 4.78 is 0. The van der Waals surface area contributed by atoms with Gasteiger partial charge in [-0.3, -0.25) is 15.2 Å². The third-order valence-corrected chi connectivity index (χ3v) is 2.34. The Morgan fingerprint density at radius 1 is 1.50 bits per heavy atom. The normalized spacial score (nSPS) is 22.8. The van der Waals surface area contributed by atoms with Crippen LogP contribution in [0.5, 0.6) is 0 Å². The van der Waals surface area contributed by atoms with Crippen LogP contribution in [0.1, 0.15) is 26.2 Å². The Labute approximate surface area is 71.6 Å². The van der Waals surface area contributed by atoms with E-state index in [1.54, 1.807) is 0 Å². The van der Waals surface area contributed by atoms with E-state index < -0.39 is 0 Å². The first-order chi connectivity index (χ1) is 5.83. The number of hydrogen-bond donors (Lipinski definition) is 2. The van der Waals surface area contributed by atoms with E-state index in [0.717, 1.165) is 30.8 Å². The number of ketones is 1. The number of hydrogen-bond acceptors (Lipinski definition) is 4. The molecule has 12 heavy (non-hydrogen) atoms. The van der Waals surface area contributed by atoms with Gasteiger partial charge in [0.05, 0.1) is 5.70 Å². The van der Waals surface area contributed by atoms with Crippen LogP contribution >= 0.6 is 0 Å². The number of rotatable bonds is 1. The second-order valence-corrected chi connectivity index (χ2v) is 3.08. The zero-order chi connectivity index (χ0) is 8.55. The average molecular weight is 167 g/mol. The van der Waals surface area contributed by atoms with Crippen LogP contribution in [0, 0.1) is 0 Å². The molecule has 2 N–H and O–H groups in total. The molecule has 0 unspecified atom stereocenters. The number of nitrogens with zero attached hydrogens (tertiary/aromatic N) is 1. The van der Waals surface area contributed by atoms with E-state index in [1.165, 1.54) is 0 Å². The van der Waals surface area contributed by atoms with Crippen molar-refractivity contribution in [3.8, 4) is 0 Å². The summed E-state index contributed by atoms with van der Waals surface area (Å²) in [4.78, 5) is 11.4. The van der Waals surface area contributed by atoms with Crippen molar-refractivity contribution in [1.82, 2.24) is 16.0 Å². The zero-order valence-corrected chi connectivity index (χ0v) is 7.18.